The Labute approximate surface area is 106 Å². The van der Waals surface area contributed by atoms with Crippen LogP contribution in [0.4, 0.5) is 0 Å². The maximum Gasteiger partial charge on any atom is 0.252 e. The fourth-order valence-corrected chi connectivity index (χ4v) is 1.88. The Hall–Kier alpha value is -1.93. The molecule has 1 N–H and O–H groups in total. The lowest BCUT2D eigenvalue weighted by Gasteiger charge is -2.22. The standard InChI is InChI=1S/C13H15N3O2/c14-7-12-2-1-11(9-15-12)13(17)16-8-10-3-5-18-6-4-10/h1-2,9-10H,3-6,8H2,(H,16,17). The SMILES string of the molecule is N#Cc1ccc(C(=O)NCC2CCOCC2)cn1. The minimum atomic E-state index is -0.140. The molecule has 0 unspecified atom stereocenters. The van der Waals surface area contributed by atoms with Crippen molar-refractivity contribution in [2.45, 2.75) is 12.8 Å². The molecular weight excluding hydrogens is 230 g/mol. The van der Waals surface area contributed by atoms with Gasteiger partial charge < -0.3 is 10.1 Å². The lowest BCUT2D eigenvalue weighted by Crippen LogP contribution is -2.32. The Morgan fingerprint density at radius 1 is 1.50 bits per heavy atom. The van der Waals surface area contributed by atoms with E-state index in [0.29, 0.717) is 23.7 Å². The first-order valence-corrected chi connectivity index (χ1v) is 6.01. The number of nitrogens with one attached hydrogen (secondary N) is 1. The van der Waals surface area contributed by atoms with Crippen molar-refractivity contribution < 1.29 is 9.53 Å². The van der Waals surface area contributed by atoms with Crippen LogP contribution in [0.5, 0.6) is 0 Å². The highest BCUT2D eigenvalue weighted by Gasteiger charge is 2.15. The second-order valence-electron chi connectivity index (χ2n) is 4.31. The smallest absolute Gasteiger partial charge is 0.252 e. The minimum absolute atomic E-state index is 0.140. The Morgan fingerprint density at radius 3 is 2.89 bits per heavy atom. The Morgan fingerprint density at radius 2 is 2.28 bits per heavy atom. The van der Waals surface area contributed by atoms with Gasteiger partial charge in [0.2, 0.25) is 0 Å². The molecule has 5 heteroatoms. The Balaban J connectivity index is 1.85. The summed E-state index contributed by atoms with van der Waals surface area (Å²) < 4.78 is 5.26. The van der Waals surface area contributed by atoms with Crippen LogP contribution in [-0.2, 0) is 4.74 Å². The molecule has 0 saturated carbocycles. The lowest BCUT2D eigenvalue weighted by molar-refractivity contribution is 0.0642. The third-order valence-corrected chi connectivity index (χ3v) is 3.03. The zero-order chi connectivity index (χ0) is 12.8. The Bertz CT molecular complexity index is 444. The van der Waals surface area contributed by atoms with Crippen molar-refractivity contribution in [1.82, 2.24) is 10.3 Å². The van der Waals surface area contributed by atoms with Crippen LogP contribution in [0.15, 0.2) is 18.3 Å². The highest BCUT2D eigenvalue weighted by Crippen LogP contribution is 2.13. The van der Waals surface area contributed by atoms with Gasteiger partial charge >= 0.3 is 0 Å². The maximum atomic E-state index is 11.8. The van der Waals surface area contributed by atoms with Gasteiger partial charge in [0, 0.05) is 26.0 Å². The second kappa shape index (κ2) is 6.12. The van der Waals surface area contributed by atoms with Gasteiger partial charge in [-0.25, -0.2) is 4.98 Å². The molecule has 1 aromatic rings. The van der Waals surface area contributed by atoms with Crippen LogP contribution < -0.4 is 5.32 Å². The van der Waals surface area contributed by atoms with Crippen molar-refractivity contribution in [1.29, 1.82) is 5.26 Å². The third kappa shape index (κ3) is 3.28. The van der Waals surface area contributed by atoms with Gasteiger partial charge in [-0.3, -0.25) is 4.79 Å². The summed E-state index contributed by atoms with van der Waals surface area (Å²) >= 11 is 0. The van der Waals surface area contributed by atoms with Crippen LogP contribution in [0, 0.1) is 17.2 Å². The normalized spacial score (nSPS) is 15.9. The van der Waals surface area contributed by atoms with E-state index in [-0.39, 0.29) is 5.91 Å². The molecule has 1 saturated heterocycles. The summed E-state index contributed by atoms with van der Waals surface area (Å²) in [5.74, 6) is 0.354. The number of carbonyl (C=O) groups excluding carboxylic acids is 1. The van der Waals surface area contributed by atoms with Gasteiger partial charge in [-0.2, -0.15) is 5.26 Å². The van der Waals surface area contributed by atoms with E-state index in [1.54, 1.807) is 12.1 Å². The summed E-state index contributed by atoms with van der Waals surface area (Å²) in [5, 5.41) is 11.5. The monoisotopic (exact) mass is 245 g/mol. The van der Waals surface area contributed by atoms with E-state index in [2.05, 4.69) is 10.3 Å². The van der Waals surface area contributed by atoms with Gasteiger partial charge in [-0.15, -0.1) is 0 Å². The first-order chi connectivity index (χ1) is 8.79. The van der Waals surface area contributed by atoms with Gasteiger partial charge in [0.05, 0.1) is 5.56 Å². The molecule has 1 aliphatic rings. The summed E-state index contributed by atoms with van der Waals surface area (Å²) in [6, 6.07) is 5.08. The van der Waals surface area contributed by atoms with E-state index < -0.39 is 0 Å². The van der Waals surface area contributed by atoms with Gasteiger partial charge in [0.15, 0.2) is 0 Å². The molecule has 0 atom stereocenters. The van der Waals surface area contributed by atoms with E-state index in [0.717, 1.165) is 26.1 Å². The largest absolute Gasteiger partial charge is 0.381 e. The molecule has 5 nitrogen and oxygen atoms in total. The van der Waals surface area contributed by atoms with E-state index >= 15 is 0 Å². The van der Waals surface area contributed by atoms with Gasteiger partial charge in [0.25, 0.3) is 5.91 Å². The predicted octanol–water partition coefficient (Wildman–Crippen LogP) is 1.11. The van der Waals surface area contributed by atoms with Crippen molar-refractivity contribution in [2.75, 3.05) is 19.8 Å². The van der Waals surface area contributed by atoms with Crippen LogP contribution in [0.25, 0.3) is 0 Å². The van der Waals surface area contributed by atoms with Crippen molar-refractivity contribution in [3.05, 3.63) is 29.6 Å². The highest BCUT2D eigenvalue weighted by molar-refractivity contribution is 5.93. The van der Waals surface area contributed by atoms with Crippen molar-refractivity contribution in [3.63, 3.8) is 0 Å². The topological polar surface area (TPSA) is 75.0 Å². The summed E-state index contributed by atoms with van der Waals surface area (Å²) in [6.07, 6.45) is 3.41. The third-order valence-electron chi connectivity index (χ3n) is 3.03. The van der Waals surface area contributed by atoms with Gasteiger partial charge in [-0.1, -0.05) is 0 Å². The molecule has 0 aromatic carbocycles. The maximum absolute atomic E-state index is 11.8. The average Bonchev–Trinajstić information content (AvgIpc) is 2.46. The number of carbonyl (C=O) groups is 1. The summed E-state index contributed by atoms with van der Waals surface area (Å²) in [4.78, 5) is 15.7. The molecule has 1 fully saturated rings. The fourth-order valence-electron chi connectivity index (χ4n) is 1.88. The molecule has 0 spiro atoms. The number of amides is 1. The molecule has 1 aliphatic heterocycles. The van der Waals surface area contributed by atoms with Crippen LogP contribution in [0.3, 0.4) is 0 Å². The number of nitrogens with zero attached hydrogens (tertiary/aromatic N) is 2. The number of pyridine rings is 1. The van der Waals surface area contributed by atoms with E-state index in [9.17, 15) is 4.79 Å². The number of aromatic nitrogens is 1. The number of ether oxygens (including phenoxy) is 1. The molecule has 0 aliphatic carbocycles. The summed E-state index contributed by atoms with van der Waals surface area (Å²) in [6.45, 7) is 2.22. The van der Waals surface area contributed by atoms with Gasteiger partial charge in [0.1, 0.15) is 11.8 Å². The summed E-state index contributed by atoms with van der Waals surface area (Å²) in [5.41, 5.74) is 0.803. The lowest BCUT2D eigenvalue weighted by atomic mass is 10.0. The van der Waals surface area contributed by atoms with Crippen LogP contribution in [-0.4, -0.2) is 30.6 Å². The number of nitriles is 1. The molecule has 2 heterocycles. The van der Waals surface area contributed by atoms with Crippen molar-refractivity contribution in [2.24, 2.45) is 5.92 Å². The van der Waals surface area contributed by atoms with Gasteiger partial charge in [-0.05, 0) is 30.9 Å². The molecule has 18 heavy (non-hydrogen) atoms. The van der Waals surface area contributed by atoms with Crippen LogP contribution >= 0.6 is 0 Å². The molecule has 1 amide bonds. The Kier molecular flexibility index (Phi) is 4.26. The molecule has 2 rings (SSSR count). The van der Waals surface area contributed by atoms with E-state index in [4.69, 9.17) is 10.00 Å². The number of hydrogen-bond donors (Lipinski definition) is 1. The van der Waals surface area contributed by atoms with Crippen LogP contribution in [0.1, 0.15) is 28.9 Å². The first kappa shape index (κ1) is 12.5. The quantitative estimate of drug-likeness (QED) is 0.865. The zero-order valence-corrected chi connectivity index (χ0v) is 10.1. The molecular formula is C13H15N3O2. The van der Waals surface area contributed by atoms with Crippen LogP contribution in [0.2, 0.25) is 0 Å². The highest BCUT2D eigenvalue weighted by atomic mass is 16.5. The van der Waals surface area contributed by atoms with Crippen molar-refractivity contribution >= 4 is 5.91 Å². The summed E-state index contributed by atoms with van der Waals surface area (Å²) in [7, 11) is 0. The van der Waals surface area contributed by atoms with E-state index in [1.807, 2.05) is 6.07 Å². The molecule has 0 bridgehead atoms. The number of rotatable bonds is 3. The molecule has 1 aromatic heterocycles. The first-order valence-electron chi connectivity index (χ1n) is 6.01. The van der Waals surface area contributed by atoms with Crippen molar-refractivity contribution in [3.8, 4) is 6.07 Å². The minimum Gasteiger partial charge on any atom is -0.381 e. The molecule has 0 radical (unpaired) electrons. The second-order valence-corrected chi connectivity index (χ2v) is 4.31. The zero-order valence-electron chi connectivity index (χ0n) is 10.1. The average molecular weight is 245 g/mol. The predicted molar refractivity (Wildman–Crippen MR) is 64.8 cm³/mol. The van der Waals surface area contributed by atoms with E-state index in [1.165, 1.54) is 6.20 Å². The molecule has 94 valence electrons. The number of hydrogen-bond acceptors (Lipinski definition) is 4. The fraction of sp³-hybridized carbons (Fsp3) is 0.462.